The maximum absolute atomic E-state index is 5.54. The molecule has 0 rings (SSSR count). The summed E-state index contributed by atoms with van der Waals surface area (Å²) in [6.07, 6.45) is 2.65. The molecule has 0 saturated carbocycles. The summed E-state index contributed by atoms with van der Waals surface area (Å²) in [6.45, 7) is 1.57. The summed E-state index contributed by atoms with van der Waals surface area (Å²) in [5.74, 6) is 0. The fourth-order valence-electron chi connectivity index (χ4n) is 1.37. The van der Waals surface area contributed by atoms with Gasteiger partial charge in [0.25, 0.3) is 0 Å². The Morgan fingerprint density at radius 2 is 1.07 bits per heavy atom. The van der Waals surface area contributed by atoms with Crippen LogP contribution in [0, 0.1) is 0 Å². The van der Waals surface area contributed by atoms with Gasteiger partial charge < -0.3 is 26.0 Å². The first-order valence-corrected chi connectivity index (χ1v) is 5.55. The fourth-order valence-corrected chi connectivity index (χ4v) is 1.37. The fraction of sp³-hybridized carbons (Fsp3) is 1.00. The van der Waals surface area contributed by atoms with Crippen LogP contribution in [0.15, 0.2) is 0 Å². The molecule has 0 saturated heterocycles. The number of nitrogens with one attached hydrogen (secondary N) is 4. The zero-order valence-corrected chi connectivity index (χ0v) is 10.4. The molecule has 0 atom stereocenters. The Kier molecular flexibility index (Phi) is 10.2. The normalized spacial score (nSPS) is 11.6. The van der Waals surface area contributed by atoms with Crippen molar-refractivity contribution < 1.29 is 4.74 Å². The van der Waals surface area contributed by atoms with Crippen molar-refractivity contribution in [1.29, 1.82) is 0 Å². The van der Waals surface area contributed by atoms with Crippen LogP contribution in [0.4, 0.5) is 0 Å². The maximum atomic E-state index is 5.54. The van der Waals surface area contributed by atoms with E-state index in [-0.39, 0.29) is 0 Å². The van der Waals surface area contributed by atoms with Gasteiger partial charge in [-0.1, -0.05) is 0 Å². The van der Waals surface area contributed by atoms with Crippen molar-refractivity contribution >= 4 is 0 Å². The Morgan fingerprint density at radius 1 is 0.733 bits per heavy atom. The average molecular weight is 218 g/mol. The number of rotatable bonds is 10. The summed E-state index contributed by atoms with van der Waals surface area (Å²) in [5.41, 5.74) is 0. The second-order valence-corrected chi connectivity index (χ2v) is 3.45. The molecule has 0 aromatic carbocycles. The van der Waals surface area contributed by atoms with E-state index in [0.29, 0.717) is 12.3 Å². The summed E-state index contributed by atoms with van der Waals surface area (Å²) < 4.78 is 5.54. The molecule has 0 bridgehead atoms. The molecule has 0 unspecified atom stereocenters. The highest BCUT2D eigenvalue weighted by Gasteiger charge is 2.03. The van der Waals surface area contributed by atoms with Crippen molar-refractivity contribution in [2.75, 3.05) is 41.4 Å². The number of hydrogen-bond donors (Lipinski definition) is 4. The summed E-state index contributed by atoms with van der Waals surface area (Å²) in [7, 11) is 7.77. The van der Waals surface area contributed by atoms with Gasteiger partial charge in [-0.2, -0.15) is 0 Å². The largest absolute Gasteiger partial charge is 0.381 e. The third kappa shape index (κ3) is 7.70. The molecule has 0 heterocycles. The van der Waals surface area contributed by atoms with Crippen LogP contribution < -0.4 is 21.3 Å². The molecule has 0 aliphatic heterocycles. The average Bonchev–Trinajstić information content (AvgIpc) is 2.29. The van der Waals surface area contributed by atoms with Gasteiger partial charge in [0.05, 0.1) is 12.3 Å². The van der Waals surface area contributed by atoms with Crippen LogP contribution in [0.1, 0.15) is 12.8 Å². The second kappa shape index (κ2) is 10.3. The highest BCUT2D eigenvalue weighted by Crippen LogP contribution is 1.91. The predicted molar refractivity (Wildman–Crippen MR) is 63.9 cm³/mol. The Balaban J connectivity index is 3.30. The van der Waals surface area contributed by atoms with E-state index in [9.17, 15) is 0 Å². The lowest BCUT2D eigenvalue weighted by atomic mass is 10.3. The summed E-state index contributed by atoms with van der Waals surface area (Å²) in [4.78, 5) is 0. The molecular formula is C10H26N4O. The Morgan fingerprint density at radius 3 is 1.33 bits per heavy atom. The minimum atomic E-state index is 0.342. The molecule has 4 N–H and O–H groups in total. The topological polar surface area (TPSA) is 57.4 Å². The highest BCUT2D eigenvalue weighted by molar-refractivity contribution is 4.59. The molecule has 0 amide bonds. The highest BCUT2D eigenvalue weighted by atomic mass is 16.5. The van der Waals surface area contributed by atoms with Gasteiger partial charge in [0, 0.05) is 13.2 Å². The summed E-state index contributed by atoms with van der Waals surface area (Å²) in [5, 5.41) is 12.6. The zero-order chi connectivity index (χ0) is 11.5. The molecule has 0 aromatic heterocycles. The first-order chi connectivity index (χ1) is 7.28. The van der Waals surface area contributed by atoms with E-state index in [0.717, 1.165) is 26.1 Å². The Hall–Kier alpha value is -0.200. The lowest BCUT2D eigenvalue weighted by Gasteiger charge is -2.17. The van der Waals surface area contributed by atoms with E-state index in [1.165, 1.54) is 0 Å². The van der Waals surface area contributed by atoms with Crippen LogP contribution in [0.5, 0.6) is 0 Å². The Bertz CT molecular complexity index is 113. The van der Waals surface area contributed by atoms with Gasteiger partial charge in [0.15, 0.2) is 0 Å². The molecule has 5 heteroatoms. The van der Waals surface area contributed by atoms with E-state index in [1.807, 2.05) is 28.2 Å². The van der Waals surface area contributed by atoms with E-state index in [2.05, 4.69) is 21.3 Å². The van der Waals surface area contributed by atoms with Crippen LogP contribution in [-0.4, -0.2) is 53.7 Å². The molecule has 15 heavy (non-hydrogen) atoms. The molecule has 92 valence electrons. The summed E-state index contributed by atoms with van der Waals surface area (Å²) >= 11 is 0. The maximum Gasteiger partial charge on any atom is 0.0589 e. The molecule has 0 spiro atoms. The van der Waals surface area contributed by atoms with E-state index in [4.69, 9.17) is 4.74 Å². The number of ether oxygens (including phenoxy) is 1. The van der Waals surface area contributed by atoms with Crippen molar-refractivity contribution in [3.8, 4) is 0 Å². The third-order valence-corrected chi connectivity index (χ3v) is 2.50. The van der Waals surface area contributed by atoms with Crippen LogP contribution >= 0.6 is 0 Å². The lowest BCUT2D eigenvalue weighted by Crippen LogP contribution is -2.39. The molecule has 0 fully saturated rings. The minimum absolute atomic E-state index is 0.342. The Labute approximate surface area is 93.3 Å². The van der Waals surface area contributed by atoms with E-state index < -0.39 is 0 Å². The van der Waals surface area contributed by atoms with Gasteiger partial charge >= 0.3 is 0 Å². The van der Waals surface area contributed by atoms with Crippen LogP contribution in [0.3, 0.4) is 0 Å². The standard InChI is InChI=1S/C10H26N4O/c1-11-9(12-2)5-7-15-8-6-10(13-3)14-4/h9-14H,5-8H2,1-4H3. The first-order valence-electron chi connectivity index (χ1n) is 5.55. The van der Waals surface area contributed by atoms with Gasteiger partial charge in [0.2, 0.25) is 0 Å². The van der Waals surface area contributed by atoms with Crippen LogP contribution in [-0.2, 0) is 4.74 Å². The SMILES string of the molecule is CNC(CCOCCC(NC)NC)NC. The van der Waals surface area contributed by atoms with Crippen molar-refractivity contribution in [2.45, 2.75) is 25.2 Å². The second-order valence-electron chi connectivity index (χ2n) is 3.45. The zero-order valence-electron chi connectivity index (χ0n) is 10.4. The quantitative estimate of drug-likeness (QED) is 0.289. The lowest BCUT2D eigenvalue weighted by molar-refractivity contribution is 0.111. The molecule has 0 aliphatic carbocycles. The van der Waals surface area contributed by atoms with Gasteiger partial charge in [-0.3, -0.25) is 0 Å². The van der Waals surface area contributed by atoms with Crippen molar-refractivity contribution in [1.82, 2.24) is 21.3 Å². The monoisotopic (exact) mass is 218 g/mol. The van der Waals surface area contributed by atoms with Crippen LogP contribution in [0.25, 0.3) is 0 Å². The van der Waals surface area contributed by atoms with E-state index >= 15 is 0 Å². The smallest absolute Gasteiger partial charge is 0.0589 e. The van der Waals surface area contributed by atoms with Crippen molar-refractivity contribution in [2.24, 2.45) is 0 Å². The van der Waals surface area contributed by atoms with Gasteiger partial charge in [-0.25, -0.2) is 0 Å². The number of hydrogen-bond acceptors (Lipinski definition) is 5. The van der Waals surface area contributed by atoms with Crippen LogP contribution in [0.2, 0.25) is 0 Å². The molecule has 0 aromatic rings. The molecule has 0 radical (unpaired) electrons. The first kappa shape index (κ1) is 14.8. The summed E-state index contributed by atoms with van der Waals surface area (Å²) in [6, 6.07) is 0. The van der Waals surface area contributed by atoms with Gasteiger partial charge in [-0.15, -0.1) is 0 Å². The third-order valence-electron chi connectivity index (χ3n) is 2.50. The molecule has 0 aliphatic rings. The molecule has 5 nitrogen and oxygen atoms in total. The van der Waals surface area contributed by atoms with Crippen molar-refractivity contribution in [3.63, 3.8) is 0 Å². The predicted octanol–water partition coefficient (Wildman–Crippen LogP) is -0.687. The van der Waals surface area contributed by atoms with Gasteiger partial charge in [-0.05, 0) is 41.0 Å². The van der Waals surface area contributed by atoms with Gasteiger partial charge in [0.1, 0.15) is 0 Å². The van der Waals surface area contributed by atoms with Crippen molar-refractivity contribution in [3.05, 3.63) is 0 Å². The molecular weight excluding hydrogens is 192 g/mol. The van der Waals surface area contributed by atoms with E-state index in [1.54, 1.807) is 0 Å². The minimum Gasteiger partial charge on any atom is -0.381 e.